The van der Waals surface area contributed by atoms with Gasteiger partial charge in [-0.25, -0.2) is 23.7 Å². The largest absolute Gasteiger partial charge is 0.350 e. The number of nitrogens with one attached hydrogen (secondary N) is 3. The Labute approximate surface area is 168 Å². The third kappa shape index (κ3) is 4.71. The molecule has 6 nitrogen and oxygen atoms in total. The minimum Gasteiger partial charge on any atom is -0.350 e. The molecule has 0 fully saturated rings. The maximum Gasteiger partial charge on any atom is 0.149 e. The second kappa shape index (κ2) is 7.90. The van der Waals surface area contributed by atoms with Gasteiger partial charge < -0.3 is 16.0 Å². The van der Waals surface area contributed by atoms with Crippen LogP contribution in [0, 0.1) is 24.0 Å². The number of rotatable bonds is 5. The van der Waals surface area contributed by atoms with Crippen LogP contribution in [0.25, 0.3) is 0 Å². The van der Waals surface area contributed by atoms with E-state index >= 15 is 0 Å². The van der Waals surface area contributed by atoms with Gasteiger partial charge in [0.2, 0.25) is 0 Å². The molecule has 3 aromatic rings. The van der Waals surface area contributed by atoms with Gasteiger partial charge in [0.05, 0.1) is 5.69 Å². The number of halogens is 2. The average molecular weight is 396 g/mol. The number of hydrogen-bond acceptors (Lipinski definition) is 6. The molecule has 0 unspecified atom stereocenters. The Kier molecular flexibility index (Phi) is 5.54. The van der Waals surface area contributed by atoms with Gasteiger partial charge in [-0.15, -0.1) is 0 Å². The van der Waals surface area contributed by atoms with Crippen molar-refractivity contribution in [2.45, 2.75) is 33.1 Å². The van der Waals surface area contributed by atoms with E-state index in [-0.39, 0.29) is 11.1 Å². The molecule has 2 heterocycles. The van der Waals surface area contributed by atoms with Gasteiger partial charge in [0, 0.05) is 35.8 Å². The first-order chi connectivity index (χ1) is 13.7. The molecule has 0 atom stereocenters. The van der Waals surface area contributed by atoms with Crippen LogP contribution in [0.15, 0.2) is 36.8 Å². The minimum atomic E-state index is -0.705. The summed E-state index contributed by atoms with van der Waals surface area (Å²) in [7, 11) is 0. The molecule has 29 heavy (non-hydrogen) atoms. The van der Waals surface area contributed by atoms with Crippen molar-refractivity contribution >= 4 is 29.2 Å². The first-order valence-electron chi connectivity index (χ1n) is 9.00. The summed E-state index contributed by atoms with van der Waals surface area (Å²) in [6.07, 6.45) is 3.92. The van der Waals surface area contributed by atoms with Crippen molar-refractivity contribution in [3.8, 4) is 0 Å². The zero-order valence-electron chi connectivity index (χ0n) is 16.6. The maximum absolute atomic E-state index is 14.6. The van der Waals surface area contributed by atoms with Crippen LogP contribution in [0.2, 0.25) is 0 Å². The molecule has 0 bridgehead atoms. The van der Waals surface area contributed by atoms with Crippen molar-refractivity contribution in [3.05, 3.63) is 65.2 Å². The van der Waals surface area contributed by atoms with E-state index in [1.807, 2.05) is 27.7 Å². The molecular weight excluding hydrogens is 374 g/mol. The summed E-state index contributed by atoms with van der Waals surface area (Å²) >= 11 is 0. The van der Waals surface area contributed by atoms with Gasteiger partial charge in [-0.3, -0.25) is 0 Å². The van der Waals surface area contributed by atoms with Crippen molar-refractivity contribution in [2.75, 3.05) is 10.6 Å². The van der Waals surface area contributed by atoms with E-state index in [0.29, 0.717) is 28.5 Å². The number of hydrogen-bond donors (Lipinski definition) is 3. The zero-order valence-corrected chi connectivity index (χ0v) is 16.6. The molecule has 0 aliphatic carbocycles. The maximum atomic E-state index is 14.6. The molecule has 0 saturated carbocycles. The molecule has 0 saturated heterocycles. The van der Waals surface area contributed by atoms with E-state index in [0.717, 1.165) is 11.9 Å². The van der Waals surface area contributed by atoms with E-state index in [4.69, 9.17) is 5.41 Å². The summed E-state index contributed by atoms with van der Waals surface area (Å²) in [5.41, 5.74) is 1.39. The molecule has 150 valence electrons. The number of aryl methyl sites for hydroxylation is 1. The van der Waals surface area contributed by atoms with Crippen LogP contribution >= 0.6 is 0 Å². The highest BCUT2D eigenvalue weighted by Gasteiger charge is 2.20. The van der Waals surface area contributed by atoms with E-state index < -0.39 is 11.6 Å². The standard InChI is InChI=1S/C21H22F2N6/c1-12-5-18(27-11-26-12)29-19-8-17(13(9-24)10-25-19)28-20-15(22)6-14(7-16(20)23)21(2,3)4/h5-11,24H,1-4H3,(H2,25,26,27,28,29). The first-order valence-corrected chi connectivity index (χ1v) is 9.00. The van der Waals surface area contributed by atoms with Gasteiger partial charge in [-0.2, -0.15) is 0 Å². The van der Waals surface area contributed by atoms with Crippen LogP contribution in [0.4, 0.5) is 31.8 Å². The Hall–Kier alpha value is -3.42. The topological polar surface area (TPSA) is 86.6 Å². The van der Waals surface area contributed by atoms with Crippen LogP contribution in [0.5, 0.6) is 0 Å². The molecule has 8 heteroatoms. The predicted octanol–water partition coefficient (Wildman–Crippen LogP) is 5.24. The van der Waals surface area contributed by atoms with Crippen LogP contribution in [-0.4, -0.2) is 21.2 Å². The Morgan fingerprint density at radius 2 is 1.59 bits per heavy atom. The summed E-state index contributed by atoms with van der Waals surface area (Å²) in [5, 5.41) is 13.3. The summed E-state index contributed by atoms with van der Waals surface area (Å²) in [4.78, 5) is 12.4. The summed E-state index contributed by atoms with van der Waals surface area (Å²) in [5.74, 6) is -0.471. The van der Waals surface area contributed by atoms with Gasteiger partial charge in [0.25, 0.3) is 0 Å². The highest BCUT2D eigenvalue weighted by atomic mass is 19.1. The first kappa shape index (κ1) is 20.3. The fourth-order valence-electron chi connectivity index (χ4n) is 2.67. The fourth-order valence-corrected chi connectivity index (χ4v) is 2.67. The lowest BCUT2D eigenvalue weighted by Gasteiger charge is -2.21. The molecule has 0 spiro atoms. The quantitative estimate of drug-likeness (QED) is 0.514. The van der Waals surface area contributed by atoms with Crippen molar-refractivity contribution in [1.82, 2.24) is 15.0 Å². The van der Waals surface area contributed by atoms with Crippen molar-refractivity contribution in [2.24, 2.45) is 0 Å². The second-order valence-electron chi connectivity index (χ2n) is 7.66. The molecule has 2 aromatic heterocycles. The Morgan fingerprint density at radius 1 is 0.931 bits per heavy atom. The van der Waals surface area contributed by atoms with Gasteiger partial charge in [-0.1, -0.05) is 20.8 Å². The van der Waals surface area contributed by atoms with Crippen LogP contribution in [-0.2, 0) is 5.41 Å². The van der Waals surface area contributed by atoms with Crippen LogP contribution in [0.3, 0.4) is 0 Å². The number of benzene rings is 1. The Balaban J connectivity index is 1.95. The van der Waals surface area contributed by atoms with Gasteiger partial charge in [0.15, 0.2) is 0 Å². The number of nitrogens with zero attached hydrogens (tertiary/aromatic N) is 3. The average Bonchev–Trinajstić information content (AvgIpc) is 2.64. The second-order valence-corrected chi connectivity index (χ2v) is 7.66. The SMILES string of the molecule is Cc1cc(Nc2cc(Nc3c(F)cc(C(C)(C)C)cc3F)c(C=N)cn2)ncn1. The molecule has 0 aliphatic rings. The zero-order chi connectivity index (χ0) is 21.2. The third-order valence-corrected chi connectivity index (χ3v) is 4.32. The lowest BCUT2D eigenvalue weighted by atomic mass is 9.87. The Morgan fingerprint density at radius 3 is 2.17 bits per heavy atom. The highest BCUT2D eigenvalue weighted by Crippen LogP contribution is 2.31. The van der Waals surface area contributed by atoms with E-state index in [1.165, 1.54) is 24.7 Å². The van der Waals surface area contributed by atoms with Gasteiger partial charge in [-0.05, 0) is 30.0 Å². The predicted molar refractivity (Wildman–Crippen MR) is 111 cm³/mol. The fraction of sp³-hybridized carbons (Fsp3) is 0.238. The normalized spacial score (nSPS) is 11.2. The highest BCUT2D eigenvalue weighted by molar-refractivity contribution is 5.88. The molecule has 0 amide bonds. The molecule has 1 aromatic carbocycles. The molecule has 0 radical (unpaired) electrons. The van der Waals surface area contributed by atoms with E-state index in [1.54, 1.807) is 12.1 Å². The number of pyridine rings is 1. The molecule has 3 N–H and O–H groups in total. The smallest absolute Gasteiger partial charge is 0.149 e. The molecule has 3 rings (SSSR count). The number of aromatic nitrogens is 3. The lowest BCUT2D eigenvalue weighted by molar-refractivity contribution is 0.549. The van der Waals surface area contributed by atoms with Crippen LogP contribution in [0.1, 0.15) is 37.6 Å². The van der Waals surface area contributed by atoms with Gasteiger partial charge >= 0.3 is 0 Å². The molecule has 0 aliphatic heterocycles. The summed E-state index contributed by atoms with van der Waals surface area (Å²) < 4.78 is 29.3. The minimum absolute atomic E-state index is 0.281. The van der Waals surface area contributed by atoms with E-state index in [9.17, 15) is 8.78 Å². The van der Waals surface area contributed by atoms with Gasteiger partial charge in [0.1, 0.15) is 35.3 Å². The summed E-state index contributed by atoms with van der Waals surface area (Å²) in [6.45, 7) is 7.49. The Bertz CT molecular complexity index is 1040. The van der Waals surface area contributed by atoms with Crippen molar-refractivity contribution < 1.29 is 8.78 Å². The van der Waals surface area contributed by atoms with Crippen LogP contribution < -0.4 is 10.6 Å². The summed E-state index contributed by atoms with van der Waals surface area (Å²) in [6, 6.07) is 5.94. The number of anilines is 4. The molecular formula is C21H22F2N6. The van der Waals surface area contributed by atoms with Crippen molar-refractivity contribution in [3.63, 3.8) is 0 Å². The van der Waals surface area contributed by atoms with E-state index in [2.05, 4.69) is 25.6 Å². The monoisotopic (exact) mass is 396 g/mol. The third-order valence-electron chi connectivity index (χ3n) is 4.32. The lowest BCUT2D eigenvalue weighted by Crippen LogP contribution is -2.13. The van der Waals surface area contributed by atoms with Crippen molar-refractivity contribution in [1.29, 1.82) is 5.41 Å².